The van der Waals surface area contributed by atoms with E-state index in [0.717, 1.165) is 23.0 Å². The lowest BCUT2D eigenvalue weighted by atomic mass is 10.3. The highest BCUT2D eigenvalue weighted by Gasteiger charge is 2.11. The molecule has 0 saturated heterocycles. The number of ether oxygens (including phenoxy) is 1. The molecule has 120 valence electrons. The second-order valence-electron chi connectivity index (χ2n) is 5.10. The second-order valence-corrected chi connectivity index (χ2v) is 5.91. The van der Waals surface area contributed by atoms with Gasteiger partial charge in [0.2, 0.25) is 0 Å². The molecule has 0 bridgehead atoms. The van der Waals surface area contributed by atoms with E-state index >= 15 is 0 Å². The lowest BCUT2D eigenvalue weighted by Crippen LogP contribution is -2.18. The van der Waals surface area contributed by atoms with Crippen LogP contribution in [0.15, 0.2) is 33.9 Å². The Morgan fingerprint density at radius 2 is 2.17 bits per heavy atom. The number of imidazole rings is 1. The molecule has 0 atom stereocenters. The Kier molecular flexibility index (Phi) is 4.71. The minimum absolute atomic E-state index is 0.233. The number of rotatable bonds is 6. The van der Waals surface area contributed by atoms with E-state index in [0.29, 0.717) is 24.3 Å². The number of H-pyrrole nitrogens is 1. The van der Waals surface area contributed by atoms with Crippen molar-refractivity contribution < 1.29 is 4.74 Å². The molecule has 0 radical (unpaired) electrons. The molecule has 0 spiro atoms. The molecule has 8 heteroatoms. The first-order valence-electron chi connectivity index (χ1n) is 7.36. The fraction of sp³-hybridized carbons (Fsp3) is 0.333. The smallest absolute Gasteiger partial charge is 0.328 e. The third kappa shape index (κ3) is 3.58. The van der Waals surface area contributed by atoms with E-state index in [1.165, 1.54) is 0 Å². The van der Waals surface area contributed by atoms with E-state index in [9.17, 15) is 4.79 Å². The van der Waals surface area contributed by atoms with Gasteiger partial charge in [0.25, 0.3) is 0 Å². The molecule has 3 rings (SSSR count). The number of pyridine rings is 1. The third-order valence-electron chi connectivity index (χ3n) is 3.35. The normalized spacial score (nSPS) is 11.0. The lowest BCUT2D eigenvalue weighted by Gasteiger charge is -2.05. The molecular formula is C15H16BrN5O2. The summed E-state index contributed by atoms with van der Waals surface area (Å²) < 4.78 is 7.82. The predicted octanol–water partition coefficient (Wildman–Crippen LogP) is 2.50. The van der Waals surface area contributed by atoms with E-state index in [-0.39, 0.29) is 11.7 Å². The molecular weight excluding hydrogens is 362 g/mol. The van der Waals surface area contributed by atoms with Gasteiger partial charge in [0.15, 0.2) is 5.65 Å². The summed E-state index contributed by atoms with van der Waals surface area (Å²) >= 11 is 3.29. The van der Waals surface area contributed by atoms with E-state index < -0.39 is 0 Å². The van der Waals surface area contributed by atoms with Crippen LogP contribution in [0.25, 0.3) is 11.2 Å². The molecule has 0 amide bonds. The number of nitrogens with zero attached hydrogens (tertiary/aromatic N) is 4. The van der Waals surface area contributed by atoms with Crippen LogP contribution in [0, 0.1) is 0 Å². The SMILES string of the molecule is CCCCOc1ncc2[nH]c(=O)n(Cc3ccc(Br)nc3)c2n1. The lowest BCUT2D eigenvalue weighted by molar-refractivity contribution is 0.286. The zero-order valence-electron chi connectivity index (χ0n) is 12.6. The first-order chi connectivity index (χ1) is 11.2. The van der Waals surface area contributed by atoms with Gasteiger partial charge in [0, 0.05) is 6.20 Å². The van der Waals surface area contributed by atoms with Gasteiger partial charge in [-0.3, -0.25) is 4.57 Å². The Morgan fingerprint density at radius 1 is 1.30 bits per heavy atom. The van der Waals surface area contributed by atoms with Gasteiger partial charge in [0.05, 0.1) is 19.3 Å². The van der Waals surface area contributed by atoms with Gasteiger partial charge < -0.3 is 9.72 Å². The first kappa shape index (κ1) is 15.7. The summed E-state index contributed by atoms with van der Waals surface area (Å²) in [4.78, 5) is 27.5. The van der Waals surface area contributed by atoms with E-state index in [1.54, 1.807) is 17.0 Å². The van der Waals surface area contributed by atoms with Gasteiger partial charge in [-0.15, -0.1) is 0 Å². The van der Waals surface area contributed by atoms with E-state index in [1.807, 2.05) is 12.1 Å². The molecule has 7 nitrogen and oxygen atoms in total. The Labute approximate surface area is 140 Å². The van der Waals surface area contributed by atoms with Gasteiger partial charge in [-0.1, -0.05) is 19.4 Å². The summed E-state index contributed by atoms with van der Waals surface area (Å²) in [6.45, 7) is 3.03. The Bertz CT molecular complexity index is 856. The number of hydrogen-bond acceptors (Lipinski definition) is 5. The maximum absolute atomic E-state index is 12.2. The fourth-order valence-corrected chi connectivity index (χ4v) is 2.37. The van der Waals surface area contributed by atoms with Crippen LogP contribution in [0.1, 0.15) is 25.3 Å². The molecule has 0 fully saturated rings. The van der Waals surface area contributed by atoms with Crippen LogP contribution in [0.3, 0.4) is 0 Å². The highest BCUT2D eigenvalue weighted by atomic mass is 79.9. The van der Waals surface area contributed by atoms with Crippen molar-refractivity contribution in [3.05, 3.63) is 45.2 Å². The second kappa shape index (κ2) is 6.91. The van der Waals surface area contributed by atoms with Crippen LogP contribution in [-0.2, 0) is 6.54 Å². The molecule has 3 aromatic heterocycles. The third-order valence-corrected chi connectivity index (χ3v) is 3.82. The molecule has 1 N–H and O–H groups in total. The Hall–Kier alpha value is -2.22. The maximum Gasteiger partial charge on any atom is 0.328 e. The first-order valence-corrected chi connectivity index (χ1v) is 8.15. The van der Waals surface area contributed by atoms with Gasteiger partial charge >= 0.3 is 11.7 Å². The van der Waals surface area contributed by atoms with Crippen LogP contribution >= 0.6 is 15.9 Å². The van der Waals surface area contributed by atoms with Crippen molar-refractivity contribution in [1.29, 1.82) is 0 Å². The summed E-state index contributed by atoms with van der Waals surface area (Å²) in [5.41, 5.74) is 1.79. The summed E-state index contributed by atoms with van der Waals surface area (Å²) in [7, 11) is 0. The number of unbranched alkanes of at least 4 members (excludes halogenated alkanes) is 1. The van der Waals surface area contributed by atoms with Gasteiger partial charge in [-0.2, -0.15) is 4.98 Å². The largest absolute Gasteiger partial charge is 0.463 e. The van der Waals surface area contributed by atoms with Crippen LogP contribution in [0.2, 0.25) is 0 Å². The topological polar surface area (TPSA) is 85.7 Å². The molecule has 0 unspecified atom stereocenters. The average Bonchev–Trinajstić information content (AvgIpc) is 2.85. The van der Waals surface area contributed by atoms with Gasteiger partial charge in [0.1, 0.15) is 10.1 Å². The number of fused-ring (bicyclic) bond motifs is 1. The number of aromatic nitrogens is 5. The Balaban J connectivity index is 1.91. The van der Waals surface area contributed by atoms with Crippen molar-refractivity contribution in [2.24, 2.45) is 0 Å². The van der Waals surface area contributed by atoms with E-state index in [2.05, 4.69) is 42.8 Å². The standard InChI is InChI=1S/C15H16BrN5O2/c1-2-3-6-23-14-18-8-11-13(20-14)21(15(22)19-11)9-10-4-5-12(16)17-7-10/h4-5,7-8H,2-3,6,9H2,1H3,(H,19,22). The molecule has 0 aromatic carbocycles. The Morgan fingerprint density at radius 3 is 2.91 bits per heavy atom. The fourth-order valence-electron chi connectivity index (χ4n) is 2.14. The number of nitrogens with one attached hydrogen (secondary N) is 1. The highest BCUT2D eigenvalue weighted by Crippen LogP contribution is 2.13. The molecule has 0 aliphatic rings. The van der Waals surface area contributed by atoms with Gasteiger partial charge in [-0.25, -0.2) is 14.8 Å². The zero-order valence-corrected chi connectivity index (χ0v) is 14.2. The van der Waals surface area contributed by atoms with Crippen molar-refractivity contribution in [3.63, 3.8) is 0 Å². The van der Waals surface area contributed by atoms with E-state index in [4.69, 9.17) is 4.74 Å². The molecule has 3 heterocycles. The van der Waals surface area contributed by atoms with Crippen molar-refractivity contribution in [2.75, 3.05) is 6.61 Å². The van der Waals surface area contributed by atoms with Crippen molar-refractivity contribution in [1.82, 2.24) is 24.5 Å². The maximum atomic E-state index is 12.2. The minimum atomic E-state index is -0.233. The zero-order chi connectivity index (χ0) is 16.2. The number of halogens is 1. The van der Waals surface area contributed by atoms with Crippen molar-refractivity contribution in [2.45, 2.75) is 26.3 Å². The monoisotopic (exact) mass is 377 g/mol. The number of hydrogen-bond donors (Lipinski definition) is 1. The molecule has 0 aliphatic heterocycles. The number of aromatic amines is 1. The quantitative estimate of drug-likeness (QED) is 0.526. The van der Waals surface area contributed by atoms with Crippen molar-refractivity contribution >= 4 is 27.1 Å². The molecule has 0 saturated carbocycles. The van der Waals surface area contributed by atoms with Crippen LogP contribution in [0.5, 0.6) is 6.01 Å². The predicted molar refractivity (Wildman–Crippen MR) is 89.6 cm³/mol. The summed E-state index contributed by atoms with van der Waals surface area (Å²) in [6, 6.07) is 4.03. The van der Waals surface area contributed by atoms with Gasteiger partial charge in [-0.05, 0) is 34.0 Å². The summed E-state index contributed by atoms with van der Waals surface area (Å²) in [6.07, 6.45) is 5.26. The minimum Gasteiger partial charge on any atom is -0.463 e. The highest BCUT2D eigenvalue weighted by molar-refractivity contribution is 9.10. The summed E-state index contributed by atoms with van der Waals surface area (Å²) in [5.74, 6) is 0. The van der Waals surface area contributed by atoms with Crippen LogP contribution in [0.4, 0.5) is 0 Å². The molecule has 23 heavy (non-hydrogen) atoms. The molecule has 0 aliphatic carbocycles. The molecule has 3 aromatic rings. The van der Waals surface area contributed by atoms with Crippen LogP contribution in [-0.4, -0.2) is 31.1 Å². The summed E-state index contributed by atoms with van der Waals surface area (Å²) in [5, 5.41) is 0. The van der Waals surface area contributed by atoms with Crippen molar-refractivity contribution in [3.8, 4) is 6.01 Å². The van der Waals surface area contributed by atoms with Crippen LogP contribution < -0.4 is 10.4 Å². The average molecular weight is 378 g/mol.